The molecule has 1 unspecified atom stereocenters. The maximum atomic E-state index is 5.56. The summed E-state index contributed by atoms with van der Waals surface area (Å²) in [7, 11) is 7.40. The highest BCUT2D eigenvalue weighted by atomic mass is 16.5. The van der Waals surface area contributed by atoms with Crippen molar-refractivity contribution in [3.05, 3.63) is 35.2 Å². The summed E-state index contributed by atoms with van der Waals surface area (Å²) in [6, 6.07) is 4.12. The van der Waals surface area contributed by atoms with Gasteiger partial charge >= 0.3 is 0 Å². The highest BCUT2D eigenvalue weighted by Gasteiger charge is 2.28. The Morgan fingerprint density at radius 3 is 2.73 bits per heavy atom. The van der Waals surface area contributed by atoms with Crippen molar-refractivity contribution in [2.24, 2.45) is 0 Å². The molecule has 0 aliphatic heterocycles. The van der Waals surface area contributed by atoms with Crippen molar-refractivity contribution >= 4 is 5.69 Å². The summed E-state index contributed by atoms with van der Waals surface area (Å²) in [5, 5.41) is 4.24. The van der Waals surface area contributed by atoms with E-state index in [1.807, 2.05) is 20.2 Å². The molecule has 1 aliphatic carbocycles. The predicted molar refractivity (Wildman–Crippen MR) is 85.1 cm³/mol. The number of aromatic nitrogens is 1. The van der Waals surface area contributed by atoms with Crippen LogP contribution in [-0.4, -0.2) is 33.5 Å². The van der Waals surface area contributed by atoms with Gasteiger partial charge in [0.15, 0.2) is 11.5 Å². The minimum atomic E-state index is 0.377. The van der Waals surface area contributed by atoms with E-state index in [0.717, 1.165) is 42.1 Å². The molecule has 1 heterocycles. The van der Waals surface area contributed by atoms with Crippen LogP contribution in [0.25, 0.3) is 0 Å². The lowest BCUT2D eigenvalue weighted by atomic mass is 9.81. The van der Waals surface area contributed by atoms with E-state index < -0.39 is 0 Å². The van der Waals surface area contributed by atoms with Crippen molar-refractivity contribution in [1.82, 2.24) is 5.16 Å². The van der Waals surface area contributed by atoms with Crippen molar-refractivity contribution in [3.63, 3.8) is 0 Å². The van der Waals surface area contributed by atoms with Gasteiger partial charge in [0.1, 0.15) is 17.6 Å². The van der Waals surface area contributed by atoms with Gasteiger partial charge in [0, 0.05) is 25.6 Å². The second-order valence-corrected chi connectivity index (χ2v) is 5.86. The van der Waals surface area contributed by atoms with E-state index >= 15 is 0 Å². The fourth-order valence-corrected chi connectivity index (χ4v) is 3.27. The van der Waals surface area contributed by atoms with E-state index in [2.05, 4.69) is 16.1 Å². The lowest BCUT2D eigenvalue weighted by molar-refractivity contribution is 0.347. The molecule has 3 rings (SSSR count). The minimum Gasteiger partial charge on any atom is -0.493 e. The fourth-order valence-electron chi connectivity index (χ4n) is 3.27. The highest BCUT2D eigenvalue weighted by molar-refractivity contribution is 5.54. The lowest BCUT2D eigenvalue weighted by Gasteiger charge is -2.26. The Hall–Kier alpha value is -2.17. The van der Waals surface area contributed by atoms with Crippen LogP contribution < -0.4 is 14.4 Å². The van der Waals surface area contributed by atoms with Gasteiger partial charge in [-0.2, -0.15) is 0 Å². The number of nitrogens with zero attached hydrogens (tertiary/aromatic N) is 2. The Balaban J connectivity index is 1.93. The van der Waals surface area contributed by atoms with Crippen molar-refractivity contribution < 1.29 is 14.0 Å². The van der Waals surface area contributed by atoms with Crippen LogP contribution in [0.15, 0.2) is 22.9 Å². The van der Waals surface area contributed by atoms with E-state index in [4.69, 9.17) is 14.0 Å². The average Bonchev–Trinajstić information content (AvgIpc) is 3.03. The molecule has 0 saturated heterocycles. The van der Waals surface area contributed by atoms with Crippen LogP contribution in [-0.2, 0) is 12.8 Å². The zero-order chi connectivity index (χ0) is 15.7. The van der Waals surface area contributed by atoms with Gasteiger partial charge in [-0.1, -0.05) is 11.2 Å². The molecule has 0 spiro atoms. The summed E-state index contributed by atoms with van der Waals surface area (Å²) in [5.74, 6) is 2.04. The first-order valence-electron chi connectivity index (χ1n) is 7.50. The standard InChI is InChI=1S/C17H22N2O3/c1-19(2)14-10-22-18-16(14)12-5-7-13-11(9-12)6-8-15(20-3)17(13)21-4/h6,8,10,12H,5,7,9H2,1-4H3. The molecule has 5 heteroatoms. The molecule has 0 N–H and O–H groups in total. The highest BCUT2D eigenvalue weighted by Crippen LogP contribution is 2.42. The number of fused-ring (bicyclic) bond motifs is 1. The van der Waals surface area contributed by atoms with Crippen LogP contribution in [0.5, 0.6) is 11.5 Å². The molecular weight excluding hydrogens is 280 g/mol. The lowest BCUT2D eigenvalue weighted by Crippen LogP contribution is -2.18. The third-order valence-electron chi connectivity index (χ3n) is 4.40. The zero-order valence-electron chi connectivity index (χ0n) is 13.5. The average molecular weight is 302 g/mol. The van der Waals surface area contributed by atoms with Crippen molar-refractivity contribution in [2.45, 2.75) is 25.2 Å². The van der Waals surface area contributed by atoms with Gasteiger partial charge in [-0.3, -0.25) is 0 Å². The van der Waals surface area contributed by atoms with Crippen LogP contribution >= 0.6 is 0 Å². The molecule has 22 heavy (non-hydrogen) atoms. The normalized spacial score (nSPS) is 17.0. The van der Waals surface area contributed by atoms with E-state index in [9.17, 15) is 0 Å². The van der Waals surface area contributed by atoms with Crippen LogP contribution in [0.2, 0.25) is 0 Å². The first kappa shape index (κ1) is 14.8. The van der Waals surface area contributed by atoms with Crippen LogP contribution in [0.4, 0.5) is 5.69 Å². The molecule has 2 aromatic rings. The second-order valence-electron chi connectivity index (χ2n) is 5.86. The summed E-state index contributed by atoms with van der Waals surface area (Å²) >= 11 is 0. The Bertz CT molecular complexity index is 664. The smallest absolute Gasteiger partial charge is 0.164 e. The van der Waals surface area contributed by atoms with Crippen LogP contribution in [0.3, 0.4) is 0 Å². The largest absolute Gasteiger partial charge is 0.493 e. The Morgan fingerprint density at radius 1 is 1.23 bits per heavy atom. The van der Waals surface area contributed by atoms with Crippen molar-refractivity contribution in [1.29, 1.82) is 0 Å². The molecule has 1 aromatic carbocycles. The maximum Gasteiger partial charge on any atom is 0.164 e. The van der Waals surface area contributed by atoms with Gasteiger partial charge in [0.05, 0.1) is 14.2 Å². The van der Waals surface area contributed by atoms with E-state index in [1.165, 1.54) is 11.1 Å². The minimum absolute atomic E-state index is 0.377. The first-order chi connectivity index (χ1) is 10.7. The zero-order valence-corrected chi connectivity index (χ0v) is 13.5. The molecule has 1 aromatic heterocycles. The summed E-state index contributed by atoms with van der Waals surface area (Å²) in [6.07, 6.45) is 4.66. The summed E-state index contributed by atoms with van der Waals surface area (Å²) in [5.41, 5.74) is 4.67. The van der Waals surface area contributed by atoms with E-state index in [-0.39, 0.29) is 0 Å². The summed E-state index contributed by atoms with van der Waals surface area (Å²) in [6.45, 7) is 0. The fraction of sp³-hybridized carbons (Fsp3) is 0.471. The van der Waals surface area contributed by atoms with Gasteiger partial charge < -0.3 is 18.9 Å². The molecule has 1 aliphatic rings. The van der Waals surface area contributed by atoms with Gasteiger partial charge in [0.2, 0.25) is 0 Å². The first-order valence-corrected chi connectivity index (χ1v) is 7.50. The Morgan fingerprint density at radius 2 is 2.05 bits per heavy atom. The molecule has 0 amide bonds. The van der Waals surface area contributed by atoms with E-state index in [0.29, 0.717) is 5.92 Å². The van der Waals surface area contributed by atoms with Crippen molar-refractivity contribution in [2.75, 3.05) is 33.2 Å². The summed E-state index contributed by atoms with van der Waals surface area (Å²) in [4.78, 5) is 2.05. The molecule has 1 atom stereocenters. The van der Waals surface area contributed by atoms with Gasteiger partial charge in [-0.05, 0) is 30.9 Å². The molecule has 5 nitrogen and oxygen atoms in total. The molecule has 0 saturated carbocycles. The van der Waals surface area contributed by atoms with Crippen LogP contribution in [0, 0.1) is 0 Å². The molecule has 0 radical (unpaired) electrons. The molecule has 0 bridgehead atoms. The number of hydrogen-bond donors (Lipinski definition) is 0. The number of anilines is 1. The topological polar surface area (TPSA) is 47.7 Å². The molecule has 118 valence electrons. The number of benzene rings is 1. The SMILES string of the molecule is COc1ccc2c(c1OC)CCC(c1nocc1N(C)C)C2. The number of rotatable bonds is 4. The maximum absolute atomic E-state index is 5.56. The molecule has 0 fully saturated rings. The van der Waals surface area contributed by atoms with Gasteiger partial charge in [0.25, 0.3) is 0 Å². The second kappa shape index (κ2) is 5.91. The monoisotopic (exact) mass is 302 g/mol. The third kappa shape index (κ3) is 2.40. The predicted octanol–water partition coefficient (Wildman–Crippen LogP) is 3.03. The number of hydrogen-bond acceptors (Lipinski definition) is 5. The summed E-state index contributed by atoms with van der Waals surface area (Å²) < 4.78 is 16.1. The quantitative estimate of drug-likeness (QED) is 0.869. The van der Waals surface area contributed by atoms with Gasteiger partial charge in [-0.15, -0.1) is 0 Å². The third-order valence-corrected chi connectivity index (χ3v) is 4.40. The van der Waals surface area contributed by atoms with Crippen molar-refractivity contribution in [3.8, 4) is 11.5 Å². The Labute approximate surface area is 130 Å². The molecular formula is C17H22N2O3. The van der Waals surface area contributed by atoms with E-state index in [1.54, 1.807) is 20.5 Å². The van der Waals surface area contributed by atoms with Gasteiger partial charge in [-0.25, -0.2) is 0 Å². The number of methoxy groups -OCH3 is 2. The van der Waals surface area contributed by atoms with Crippen LogP contribution in [0.1, 0.15) is 29.2 Å². The Kier molecular flexibility index (Phi) is 3.96. The number of ether oxygens (including phenoxy) is 2.